The van der Waals surface area contributed by atoms with E-state index >= 15 is 0 Å². The molecule has 1 fully saturated rings. The largest absolute Gasteiger partial charge is 0.497 e. The molecule has 7 nitrogen and oxygen atoms in total. The number of amides is 1. The van der Waals surface area contributed by atoms with Crippen LogP contribution in [0.5, 0.6) is 5.75 Å². The first-order valence-corrected chi connectivity index (χ1v) is 10.2. The van der Waals surface area contributed by atoms with Crippen molar-refractivity contribution in [1.82, 2.24) is 19.7 Å². The Labute approximate surface area is 175 Å². The number of hydrogen-bond acceptors (Lipinski definition) is 4. The van der Waals surface area contributed by atoms with Crippen molar-refractivity contribution in [2.75, 3.05) is 20.2 Å². The number of rotatable bonds is 5. The van der Waals surface area contributed by atoms with Gasteiger partial charge in [0.25, 0.3) is 5.91 Å². The lowest BCUT2D eigenvalue weighted by atomic mass is 9.95. The molecule has 0 unspecified atom stereocenters. The van der Waals surface area contributed by atoms with Gasteiger partial charge in [-0.05, 0) is 43.5 Å². The number of nitrogens with zero attached hydrogens (tertiary/aromatic N) is 3. The summed E-state index contributed by atoms with van der Waals surface area (Å²) >= 11 is 0. The Balaban J connectivity index is 1.45. The number of carbonyl (C=O) groups excluding carboxylic acids is 1. The Morgan fingerprint density at radius 1 is 1.17 bits per heavy atom. The molecule has 0 radical (unpaired) electrons. The normalized spacial score (nSPS) is 14.7. The smallest absolute Gasteiger partial charge is 0.343 e. The van der Waals surface area contributed by atoms with E-state index in [0.29, 0.717) is 30.9 Å². The van der Waals surface area contributed by atoms with Crippen LogP contribution in [0.2, 0.25) is 0 Å². The van der Waals surface area contributed by atoms with Crippen LogP contribution in [0, 0.1) is 6.92 Å². The second kappa shape index (κ2) is 8.57. The number of H-pyrrole nitrogens is 1. The summed E-state index contributed by atoms with van der Waals surface area (Å²) in [7, 11) is 1.59. The van der Waals surface area contributed by atoms with E-state index in [-0.39, 0.29) is 17.5 Å². The van der Waals surface area contributed by atoms with E-state index in [1.165, 1.54) is 5.56 Å². The number of likely N-dealkylation sites (tertiary alicyclic amines) is 1. The number of piperidine rings is 1. The molecule has 0 spiro atoms. The summed E-state index contributed by atoms with van der Waals surface area (Å²) in [5.74, 6) is 1.59. The molecule has 1 aliphatic rings. The maximum atomic E-state index is 12.8. The van der Waals surface area contributed by atoms with E-state index in [9.17, 15) is 9.59 Å². The van der Waals surface area contributed by atoms with Crippen LogP contribution >= 0.6 is 0 Å². The van der Waals surface area contributed by atoms with Crippen LogP contribution < -0.4 is 10.4 Å². The van der Waals surface area contributed by atoms with Gasteiger partial charge in [0.05, 0.1) is 13.7 Å². The van der Waals surface area contributed by atoms with Crippen molar-refractivity contribution >= 4 is 5.91 Å². The molecule has 1 amide bonds. The zero-order valence-corrected chi connectivity index (χ0v) is 17.3. The molecule has 0 aliphatic carbocycles. The lowest BCUT2D eigenvalue weighted by molar-refractivity contribution is 0.0710. The molecule has 1 N–H and O–H groups in total. The van der Waals surface area contributed by atoms with Crippen molar-refractivity contribution in [3.63, 3.8) is 0 Å². The van der Waals surface area contributed by atoms with Gasteiger partial charge in [0, 0.05) is 24.6 Å². The molecule has 0 bridgehead atoms. The topological polar surface area (TPSA) is 80.2 Å². The van der Waals surface area contributed by atoms with E-state index < -0.39 is 0 Å². The first-order valence-electron chi connectivity index (χ1n) is 10.2. The number of methoxy groups -OCH3 is 1. The number of benzene rings is 2. The molecule has 30 heavy (non-hydrogen) atoms. The summed E-state index contributed by atoms with van der Waals surface area (Å²) < 4.78 is 6.94. The molecule has 2 heterocycles. The highest BCUT2D eigenvalue weighted by atomic mass is 16.5. The fraction of sp³-hybridized carbons (Fsp3) is 0.348. The summed E-state index contributed by atoms with van der Waals surface area (Å²) in [6.07, 6.45) is 1.54. The van der Waals surface area contributed by atoms with Gasteiger partial charge in [-0.25, -0.2) is 9.89 Å². The quantitative estimate of drug-likeness (QED) is 0.706. The first-order chi connectivity index (χ1) is 14.5. The molecular formula is C23H26N4O3. The zero-order valence-electron chi connectivity index (χ0n) is 17.3. The third-order valence-corrected chi connectivity index (χ3v) is 5.71. The number of aromatic amines is 1. The lowest BCUT2D eigenvalue weighted by Gasteiger charge is -2.31. The molecule has 2 aromatic carbocycles. The Morgan fingerprint density at radius 2 is 1.90 bits per heavy atom. The number of carbonyl (C=O) groups is 1. The SMILES string of the molecule is COc1cccc(C(=O)N2CCC(c3n[nH]c(=O)n3Cc3ccc(C)cc3)CC2)c1. The standard InChI is InChI=1S/C23H26N4O3/c1-16-6-8-17(9-7-16)15-27-21(24-25-23(27)29)18-10-12-26(13-11-18)22(28)19-4-3-5-20(14-19)30-2/h3-9,14,18H,10-13,15H2,1-2H3,(H,25,29). The van der Waals surface area contributed by atoms with Gasteiger partial charge in [-0.3, -0.25) is 9.36 Å². The molecule has 0 atom stereocenters. The molecule has 4 rings (SSSR count). The van der Waals surface area contributed by atoms with E-state index in [2.05, 4.69) is 10.2 Å². The molecule has 1 saturated heterocycles. The van der Waals surface area contributed by atoms with Crippen LogP contribution in [0.1, 0.15) is 46.1 Å². The summed E-state index contributed by atoms with van der Waals surface area (Å²) in [6.45, 7) is 3.80. The van der Waals surface area contributed by atoms with Crippen LogP contribution in [0.3, 0.4) is 0 Å². The number of nitrogens with one attached hydrogen (secondary N) is 1. The number of hydrogen-bond donors (Lipinski definition) is 1. The fourth-order valence-corrected chi connectivity index (χ4v) is 3.95. The molecule has 0 saturated carbocycles. The van der Waals surface area contributed by atoms with Crippen LogP contribution in [0.4, 0.5) is 0 Å². The third kappa shape index (κ3) is 4.15. The summed E-state index contributed by atoms with van der Waals surface area (Å²) in [4.78, 5) is 27.0. The maximum Gasteiger partial charge on any atom is 0.343 e. The summed E-state index contributed by atoms with van der Waals surface area (Å²) in [5, 5.41) is 6.91. The Bertz CT molecular complexity index is 1080. The monoisotopic (exact) mass is 406 g/mol. The van der Waals surface area contributed by atoms with Crippen LogP contribution in [0.15, 0.2) is 53.3 Å². The second-order valence-corrected chi connectivity index (χ2v) is 7.76. The minimum Gasteiger partial charge on any atom is -0.497 e. The third-order valence-electron chi connectivity index (χ3n) is 5.71. The minimum atomic E-state index is -0.194. The molecule has 7 heteroatoms. The number of aryl methyl sites for hydroxylation is 1. The molecule has 3 aromatic rings. The summed E-state index contributed by atoms with van der Waals surface area (Å²) in [5.41, 5.74) is 2.69. The van der Waals surface area contributed by atoms with Gasteiger partial charge in [-0.15, -0.1) is 0 Å². The first kappa shape index (κ1) is 19.9. The van der Waals surface area contributed by atoms with Gasteiger partial charge < -0.3 is 9.64 Å². The average molecular weight is 406 g/mol. The van der Waals surface area contributed by atoms with E-state index in [1.54, 1.807) is 17.7 Å². The van der Waals surface area contributed by atoms with Crippen molar-refractivity contribution in [3.05, 3.63) is 81.5 Å². The molecule has 1 aromatic heterocycles. The molecular weight excluding hydrogens is 380 g/mol. The maximum absolute atomic E-state index is 12.8. The predicted molar refractivity (Wildman–Crippen MR) is 114 cm³/mol. The van der Waals surface area contributed by atoms with E-state index in [4.69, 9.17) is 4.74 Å². The van der Waals surface area contributed by atoms with Crippen LogP contribution in [0.25, 0.3) is 0 Å². The Kier molecular flexibility index (Phi) is 5.70. The van der Waals surface area contributed by atoms with Crippen molar-refractivity contribution in [3.8, 4) is 5.75 Å². The highest BCUT2D eigenvalue weighted by Gasteiger charge is 2.28. The van der Waals surface area contributed by atoms with Crippen LogP contribution in [-0.2, 0) is 6.54 Å². The van der Waals surface area contributed by atoms with Gasteiger partial charge in [0.1, 0.15) is 11.6 Å². The number of ether oxygens (including phenoxy) is 1. The Hall–Kier alpha value is -3.35. The van der Waals surface area contributed by atoms with E-state index in [0.717, 1.165) is 24.2 Å². The van der Waals surface area contributed by atoms with E-state index in [1.807, 2.05) is 54.3 Å². The molecule has 1 aliphatic heterocycles. The molecule has 156 valence electrons. The van der Waals surface area contributed by atoms with Crippen molar-refractivity contribution in [1.29, 1.82) is 0 Å². The van der Waals surface area contributed by atoms with Crippen LogP contribution in [-0.4, -0.2) is 45.8 Å². The average Bonchev–Trinajstić information content (AvgIpc) is 3.15. The van der Waals surface area contributed by atoms with Gasteiger partial charge >= 0.3 is 5.69 Å². The summed E-state index contributed by atoms with van der Waals surface area (Å²) in [6, 6.07) is 15.4. The highest BCUT2D eigenvalue weighted by molar-refractivity contribution is 5.94. The highest BCUT2D eigenvalue weighted by Crippen LogP contribution is 2.27. The second-order valence-electron chi connectivity index (χ2n) is 7.76. The van der Waals surface area contributed by atoms with Gasteiger partial charge in [-0.1, -0.05) is 35.9 Å². The van der Waals surface area contributed by atoms with Gasteiger partial charge in [0.15, 0.2) is 0 Å². The zero-order chi connectivity index (χ0) is 21.1. The van der Waals surface area contributed by atoms with Crippen molar-refractivity contribution < 1.29 is 9.53 Å². The van der Waals surface area contributed by atoms with Crippen molar-refractivity contribution in [2.45, 2.75) is 32.2 Å². The predicted octanol–water partition coefficient (Wildman–Crippen LogP) is 2.96. The van der Waals surface area contributed by atoms with Crippen molar-refractivity contribution in [2.24, 2.45) is 0 Å². The Morgan fingerprint density at radius 3 is 2.60 bits per heavy atom. The minimum absolute atomic E-state index is 0.00595. The lowest BCUT2D eigenvalue weighted by Crippen LogP contribution is -2.38. The number of aromatic nitrogens is 3. The van der Waals surface area contributed by atoms with Gasteiger partial charge in [-0.2, -0.15) is 5.10 Å². The van der Waals surface area contributed by atoms with Gasteiger partial charge in [0.2, 0.25) is 0 Å². The fourth-order valence-electron chi connectivity index (χ4n) is 3.95.